The van der Waals surface area contributed by atoms with E-state index in [0.717, 1.165) is 5.92 Å². The summed E-state index contributed by atoms with van der Waals surface area (Å²) in [6, 6.07) is 0. The molecular weight excluding hydrogens is 112 g/mol. The van der Waals surface area contributed by atoms with Gasteiger partial charge in [-0.1, -0.05) is 22.9 Å². The lowest BCUT2D eigenvalue weighted by molar-refractivity contribution is 0.900. The fraction of sp³-hybridized carbons (Fsp3) is 0.429. The second kappa shape index (κ2) is 1.35. The topological polar surface area (TPSA) is 0 Å². The van der Waals surface area contributed by atoms with Crippen LogP contribution in [0.25, 0.3) is 0 Å². The van der Waals surface area contributed by atoms with Gasteiger partial charge >= 0.3 is 0 Å². The lowest BCUT2D eigenvalue weighted by atomic mass is 10.1. The van der Waals surface area contributed by atoms with Gasteiger partial charge in [0.15, 0.2) is 0 Å². The minimum absolute atomic E-state index is 0.885. The SMILES string of the molecule is [SiH3]C1=CCCC2=CC12. The number of hydrogen-bond acceptors (Lipinski definition) is 0. The molecule has 8 heavy (non-hydrogen) atoms. The summed E-state index contributed by atoms with van der Waals surface area (Å²) >= 11 is 0. The molecule has 0 radical (unpaired) electrons. The number of hydrogen-bond donors (Lipinski definition) is 0. The molecule has 1 atom stereocenters. The van der Waals surface area contributed by atoms with Crippen molar-refractivity contribution < 1.29 is 0 Å². The summed E-state index contributed by atoms with van der Waals surface area (Å²) in [4.78, 5) is 0. The second-order valence-corrected chi connectivity index (χ2v) is 3.86. The normalized spacial score (nSPS) is 33.2. The molecule has 0 fully saturated rings. The molecule has 0 aromatic rings. The molecule has 42 valence electrons. The lowest BCUT2D eigenvalue weighted by Crippen LogP contribution is -1.93. The molecule has 0 aromatic heterocycles. The Morgan fingerprint density at radius 1 is 1.62 bits per heavy atom. The van der Waals surface area contributed by atoms with Gasteiger partial charge in [-0.2, -0.15) is 0 Å². The predicted octanol–water partition coefficient (Wildman–Crippen LogP) is 0.586. The van der Waals surface area contributed by atoms with Crippen LogP contribution in [-0.4, -0.2) is 10.2 Å². The fourth-order valence-corrected chi connectivity index (χ4v) is 2.25. The molecule has 1 heteroatoms. The van der Waals surface area contributed by atoms with E-state index in [2.05, 4.69) is 12.2 Å². The van der Waals surface area contributed by atoms with Gasteiger partial charge in [-0.3, -0.25) is 0 Å². The first-order chi connectivity index (χ1) is 3.88. The van der Waals surface area contributed by atoms with Gasteiger partial charge in [0, 0.05) is 16.2 Å². The van der Waals surface area contributed by atoms with Crippen molar-refractivity contribution in [3.8, 4) is 0 Å². The molecule has 1 unspecified atom stereocenters. The third kappa shape index (κ3) is 0.510. The maximum atomic E-state index is 2.42. The van der Waals surface area contributed by atoms with Gasteiger partial charge in [-0.25, -0.2) is 0 Å². The summed E-state index contributed by atoms with van der Waals surface area (Å²) in [7, 11) is 1.29. The van der Waals surface area contributed by atoms with E-state index in [0.29, 0.717) is 0 Å². The highest BCUT2D eigenvalue weighted by atomic mass is 28.1. The van der Waals surface area contributed by atoms with E-state index in [1.807, 2.05) is 0 Å². The third-order valence-corrected chi connectivity index (χ3v) is 3.09. The number of rotatable bonds is 0. The largest absolute Gasteiger partial charge is 0.0890 e. The number of allylic oxidation sites excluding steroid dienone is 4. The minimum atomic E-state index is 0.885. The highest BCUT2D eigenvalue weighted by Gasteiger charge is 2.27. The van der Waals surface area contributed by atoms with Crippen LogP contribution in [-0.2, 0) is 0 Å². The standard InChI is InChI=1S/C7H10Si/c8-7-3-1-2-5-4-6(5)7/h3-4,6H,1-2H2,8H3. The van der Waals surface area contributed by atoms with E-state index in [1.165, 1.54) is 23.1 Å². The molecule has 0 bridgehead atoms. The van der Waals surface area contributed by atoms with Crippen LogP contribution in [0.4, 0.5) is 0 Å². The van der Waals surface area contributed by atoms with E-state index in [-0.39, 0.29) is 0 Å². The van der Waals surface area contributed by atoms with Crippen molar-refractivity contribution in [2.75, 3.05) is 0 Å². The average molecular weight is 122 g/mol. The predicted molar refractivity (Wildman–Crippen MR) is 38.8 cm³/mol. The molecule has 0 N–H and O–H groups in total. The van der Waals surface area contributed by atoms with Gasteiger partial charge in [-0.05, 0) is 12.8 Å². The van der Waals surface area contributed by atoms with Crippen LogP contribution in [0.15, 0.2) is 22.9 Å². The Labute approximate surface area is 52.7 Å². The Balaban J connectivity index is 2.24. The smallest absolute Gasteiger partial charge is 0.0340 e. The van der Waals surface area contributed by atoms with Crippen molar-refractivity contribution in [3.63, 3.8) is 0 Å². The van der Waals surface area contributed by atoms with Gasteiger partial charge in [0.25, 0.3) is 0 Å². The monoisotopic (exact) mass is 122 g/mol. The average Bonchev–Trinajstić information content (AvgIpc) is 2.45. The molecular formula is C7H10Si. The summed E-state index contributed by atoms with van der Waals surface area (Å²) in [5.41, 5.74) is 1.72. The fourth-order valence-electron chi connectivity index (χ4n) is 1.42. The second-order valence-electron chi connectivity index (χ2n) is 2.71. The molecule has 0 heterocycles. The van der Waals surface area contributed by atoms with E-state index < -0.39 is 0 Å². The van der Waals surface area contributed by atoms with Gasteiger partial charge < -0.3 is 0 Å². The zero-order valence-corrected chi connectivity index (χ0v) is 7.15. The van der Waals surface area contributed by atoms with Crippen molar-refractivity contribution in [1.29, 1.82) is 0 Å². The van der Waals surface area contributed by atoms with E-state index >= 15 is 0 Å². The Hall–Kier alpha value is -0.303. The molecule has 0 nitrogen and oxygen atoms in total. The highest BCUT2D eigenvalue weighted by molar-refractivity contribution is 6.23. The van der Waals surface area contributed by atoms with E-state index in [1.54, 1.807) is 10.8 Å². The van der Waals surface area contributed by atoms with Gasteiger partial charge in [0.05, 0.1) is 0 Å². The zero-order valence-electron chi connectivity index (χ0n) is 5.15. The summed E-state index contributed by atoms with van der Waals surface area (Å²) in [5.74, 6) is 0.885. The van der Waals surface area contributed by atoms with Crippen LogP contribution in [0.1, 0.15) is 12.8 Å². The first-order valence-corrected chi connectivity index (χ1v) is 4.25. The summed E-state index contributed by atoms with van der Waals surface area (Å²) in [6.07, 6.45) is 7.51. The maximum absolute atomic E-state index is 2.42. The van der Waals surface area contributed by atoms with Crippen molar-refractivity contribution in [1.82, 2.24) is 0 Å². The summed E-state index contributed by atoms with van der Waals surface area (Å²) in [6.45, 7) is 0. The van der Waals surface area contributed by atoms with Crippen LogP contribution < -0.4 is 0 Å². The van der Waals surface area contributed by atoms with Gasteiger partial charge in [0.2, 0.25) is 0 Å². The zero-order chi connectivity index (χ0) is 5.56. The third-order valence-electron chi connectivity index (χ3n) is 2.06. The van der Waals surface area contributed by atoms with Crippen LogP contribution in [0, 0.1) is 5.92 Å². The van der Waals surface area contributed by atoms with Crippen molar-refractivity contribution >= 4 is 10.2 Å². The molecule has 0 amide bonds. The van der Waals surface area contributed by atoms with Crippen LogP contribution in [0.3, 0.4) is 0 Å². The number of fused-ring (bicyclic) bond motifs is 1. The molecule has 2 aliphatic carbocycles. The van der Waals surface area contributed by atoms with Crippen molar-refractivity contribution in [3.05, 3.63) is 22.9 Å². The summed E-state index contributed by atoms with van der Waals surface area (Å²) < 4.78 is 0. The van der Waals surface area contributed by atoms with E-state index in [4.69, 9.17) is 0 Å². The molecule has 0 aliphatic heterocycles. The maximum Gasteiger partial charge on any atom is 0.0340 e. The molecule has 0 aromatic carbocycles. The minimum Gasteiger partial charge on any atom is -0.0890 e. The lowest BCUT2D eigenvalue weighted by Gasteiger charge is -2.05. The first kappa shape index (κ1) is 4.56. The van der Waals surface area contributed by atoms with Crippen molar-refractivity contribution in [2.24, 2.45) is 5.92 Å². The van der Waals surface area contributed by atoms with Gasteiger partial charge in [-0.15, -0.1) is 0 Å². The summed E-state index contributed by atoms with van der Waals surface area (Å²) in [5, 5.41) is 1.71. The quantitative estimate of drug-likeness (QED) is 0.326. The molecule has 0 saturated heterocycles. The highest BCUT2D eigenvalue weighted by Crippen LogP contribution is 2.41. The van der Waals surface area contributed by atoms with Gasteiger partial charge in [0.1, 0.15) is 0 Å². The van der Waals surface area contributed by atoms with Crippen LogP contribution in [0.2, 0.25) is 0 Å². The Morgan fingerprint density at radius 3 is 3.12 bits per heavy atom. The van der Waals surface area contributed by atoms with Crippen molar-refractivity contribution in [2.45, 2.75) is 12.8 Å². The molecule has 0 saturated carbocycles. The Morgan fingerprint density at radius 2 is 2.50 bits per heavy atom. The van der Waals surface area contributed by atoms with Crippen LogP contribution >= 0.6 is 0 Å². The first-order valence-electron chi connectivity index (χ1n) is 3.25. The Bertz CT molecular complexity index is 177. The van der Waals surface area contributed by atoms with Crippen LogP contribution in [0.5, 0.6) is 0 Å². The molecule has 2 aliphatic rings. The Kier molecular flexibility index (Phi) is 0.769. The molecule has 2 rings (SSSR count). The molecule has 0 spiro atoms. The van der Waals surface area contributed by atoms with E-state index in [9.17, 15) is 0 Å².